The minimum Gasteiger partial charge on any atom is -0.542 e. The minimum atomic E-state index is -1.27. The second kappa shape index (κ2) is 5.11. The summed E-state index contributed by atoms with van der Waals surface area (Å²) in [5.41, 5.74) is 0. The monoisotopic (exact) mass is 294 g/mol. The second-order valence-electron chi connectivity index (χ2n) is 1.15. The Morgan fingerprint density at radius 1 is 1.60 bits per heavy atom. The Bertz CT molecular complexity index is 240. The van der Waals surface area contributed by atoms with Crippen LogP contribution in [0.15, 0.2) is 0 Å². The molecule has 10 heavy (non-hydrogen) atoms. The van der Waals surface area contributed by atoms with Crippen molar-refractivity contribution in [3.8, 4) is 0 Å². The molecule has 7 heteroatoms. The van der Waals surface area contributed by atoms with Gasteiger partial charge in [-0.15, -0.1) is 10.2 Å². The van der Waals surface area contributed by atoms with Crippen molar-refractivity contribution in [3.63, 3.8) is 0 Å². The topological polar surface area (TPSA) is 65.9 Å². The predicted molar refractivity (Wildman–Crippen MR) is 37.0 cm³/mol. The second-order valence-corrected chi connectivity index (χ2v) is 3.88. The van der Waals surface area contributed by atoms with Crippen LogP contribution >= 0.6 is 33.9 Å². The number of nitrogens with zero attached hydrogens (tertiary/aromatic N) is 2. The van der Waals surface area contributed by atoms with Crippen molar-refractivity contribution < 1.29 is 61.3 Å². The van der Waals surface area contributed by atoms with Crippen LogP contribution in [-0.2, 0) is 0 Å². The van der Waals surface area contributed by atoms with Gasteiger partial charge in [0.05, 0.1) is 0 Å². The SMILES string of the molecule is O=C([O-])c1nnc(I)s1.[K+]. The van der Waals surface area contributed by atoms with Crippen LogP contribution in [0.25, 0.3) is 0 Å². The molecule has 0 spiro atoms. The Labute approximate surface area is 117 Å². The van der Waals surface area contributed by atoms with Crippen molar-refractivity contribution in [2.24, 2.45) is 0 Å². The van der Waals surface area contributed by atoms with Gasteiger partial charge < -0.3 is 9.90 Å². The van der Waals surface area contributed by atoms with Crippen LogP contribution in [0, 0.1) is 3.01 Å². The van der Waals surface area contributed by atoms with Crippen molar-refractivity contribution in [2.75, 3.05) is 0 Å². The van der Waals surface area contributed by atoms with Gasteiger partial charge in [-0.25, -0.2) is 0 Å². The third-order valence-electron chi connectivity index (χ3n) is 0.575. The molecule has 0 atom stereocenters. The molecule has 0 saturated carbocycles. The molecule has 0 bridgehead atoms. The van der Waals surface area contributed by atoms with Crippen LogP contribution < -0.4 is 56.5 Å². The van der Waals surface area contributed by atoms with Crippen molar-refractivity contribution in [1.29, 1.82) is 0 Å². The summed E-state index contributed by atoms with van der Waals surface area (Å²) in [6, 6.07) is 0. The van der Waals surface area contributed by atoms with Crippen LogP contribution in [0.2, 0.25) is 0 Å². The van der Waals surface area contributed by atoms with E-state index in [1.165, 1.54) is 0 Å². The van der Waals surface area contributed by atoms with E-state index in [1.54, 1.807) is 0 Å². The van der Waals surface area contributed by atoms with E-state index in [4.69, 9.17) is 0 Å². The van der Waals surface area contributed by atoms with Crippen molar-refractivity contribution in [3.05, 3.63) is 8.02 Å². The van der Waals surface area contributed by atoms with Gasteiger partial charge in [0.25, 0.3) is 0 Å². The molecular formula is C3IKN2O2S. The third kappa shape index (κ3) is 3.20. The van der Waals surface area contributed by atoms with Crippen molar-refractivity contribution >= 4 is 39.9 Å². The molecule has 0 radical (unpaired) electrons. The molecule has 0 fully saturated rings. The van der Waals surface area contributed by atoms with E-state index in [1.807, 2.05) is 22.6 Å². The summed E-state index contributed by atoms with van der Waals surface area (Å²) in [5, 5.41) is 16.7. The first-order valence-corrected chi connectivity index (χ1v) is 3.80. The first-order valence-electron chi connectivity index (χ1n) is 1.90. The Morgan fingerprint density at radius 3 is 2.40 bits per heavy atom. The number of hydrogen-bond donors (Lipinski definition) is 0. The summed E-state index contributed by atoms with van der Waals surface area (Å²) in [6.45, 7) is 0. The van der Waals surface area contributed by atoms with E-state index >= 15 is 0 Å². The maximum atomic E-state index is 10.0. The summed E-state index contributed by atoms with van der Waals surface area (Å²) in [7, 11) is 0. The molecule has 0 unspecified atom stereocenters. The summed E-state index contributed by atoms with van der Waals surface area (Å²) < 4.78 is 0.604. The molecule has 0 aliphatic rings. The molecule has 1 rings (SSSR count). The first-order chi connectivity index (χ1) is 4.20. The zero-order chi connectivity index (χ0) is 6.85. The zero-order valence-corrected chi connectivity index (χ0v) is 11.1. The molecule has 0 aliphatic heterocycles. The summed E-state index contributed by atoms with van der Waals surface area (Å²) in [4.78, 5) is 10.0. The number of carboxylic acid groups (broad SMARTS) is 1. The Morgan fingerprint density at radius 2 is 2.20 bits per heavy atom. The number of rotatable bonds is 1. The number of hydrogen-bond acceptors (Lipinski definition) is 5. The Kier molecular flexibility index (Phi) is 5.83. The van der Waals surface area contributed by atoms with Gasteiger partial charge in [-0.3, -0.25) is 0 Å². The van der Waals surface area contributed by atoms with Gasteiger partial charge in [0.15, 0.2) is 8.02 Å². The Balaban J connectivity index is 0.000000810. The molecule has 1 aromatic heterocycles. The van der Waals surface area contributed by atoms with Crippen molar-refractivity contribution in [2.45, 2.75) is 0 Å². The first kappa shape index (κ1) is 11.4. The zero-order valence-electron chi connectivity index (χ0n) is 5.00. The van der Waals surface area contributed by atoms with Crippen LogP contribution in [0.4, 0.5) is 0 Å². The van der Waals surface area contributed by atoms with Crippen LogP contribution in [0.3, 0.4) is 0 Å². The van der Waals surface area contributed by atoms with E-state index in [9.17, 15) is 9.90 Å². The van der Waals surface area contributed by atoms with Gasteiger partial charge in [-0.2, -0.15) is 0 Å². The van der Waals surface area contributed by atoms with Gasteiger partial charge >= 0.3 is 51.4 Å². The molecule has 0 aliphatic carbocycles. The van der Waals surface area contributed by atoms with Gasteiger partial charge in [0.1, 0.15) is 5.97 Å². The number of halogens is 1. The third-order valence-corrected chi connectivity index (χ3v) is 2.14. The van der Waals surface area contributed by atoms with E-state index in [-0.39, 0.29) is 56.4 Å². The van der Waals surface area contributed by atoms with Crippen molar-refractivity contribution in [1.82, 2.24) is 10.2 Å². The van der Waals surface area contributed by atoms with Crippen LogP contribution in [-0.4, -0.2) is 16.2 Å². The summed E-state index contributed by atoms with van der Waals surface area (Å²) >= 11 is 2.89. The minimum absolute atomic E-state index is 0. The average molecular weight is 294 g/mol. The molecule has 0 N–H and O–H groups in total. The predicted octanol–water partition coefficient (Wildman–Crippen LogP) is -3.49. The maximum absolute atomic E-state index is 10.0. The largest absolute Gasteiger partial charge is 1.00 e. The molecule has 0 amide bonds. The molecule has 0 saturated heterocycles. The molecule has 0 aromatic carbocycles. The normalized spacial score (nSPS) is 8.50. The summed E-state index contributed by atoms with van der Waals surface area (Å²) in [5.74, 6) is -1.27. The standard InChI is InChI=1S/C3HIN2O2S.K/c4-3-6-5-1(9-3)2(7)8;/h(H,7,8);/q;+1/p-1. The fraction of sp³-hybridized carbons (Fsp3) is 0. The quantitative estimate of drug-likeness (QED) is 0.398. The molecule has 1 aromatic rings. The number of carbonyl (C=O) groups is 1. The van der Waals surface area contributed by atoms with Gasteiger partial charge in [-0.1, -0.05) is 11.3 Å². The number of aromatic carboxylic acids is 1. The average Bonchev–Trinajstić information content (AvgIpc) is 2.14. The molecule has 1 heterocycles. The van der Waals surface area contributed by atoms with E-state index in [2.05, 4.69) is 10.2 Å². The number of aromatic nitrogens is 2. The van der Waals surface area contributed by atoms with E-state index in [0.29, 0.717) is 3.01 Å². The number of carbonyl (C=O) groups excluding carboxylic acids is 1. The number of carboxylic acids is 1. The van der Waals surface area contributed by atoms with Crippen LogP contribution in [0.1, 0.15) is 9.80 Å². The van der Waals surface area contributed by atoms with Gasteiger partial charge in [-0.05, 0) is 22.6 Å². The van der Waals surface area contributed by atoms with Gasteiger partial charge in [0, 0.05) is 0 Å². The fourth-order valence-corrected chi connectivity index (χ4v) is 1.43. The van der Waals surface area contributed by atoms with E-state index < -0.39 is 5.97 Å². The van der Waals surface area contributed by atoms with E-state index in [0.717, 1.165) is 11.3 Å². The Hall–Kier alpha value is 1.40. The van der Waals surface area contributed by atoms with Gasteiger partial charge in [0.2, 0.25) is 0 Å². The molecule has 48 valence electrons. The van der Waals surface area contributed by atoms with Crippen LogP contribution in [0.5, 0.6) is 0 Å². The smallest absolute Gasteiger partial charge is 0.542 e. The maximum Gasteiger partial charge on any atom is 1.00 e. The molecular weight excluding hydrogens is 294 g/mol. The fourth-order valence-electron chi connectivity index (χ4n) is 0.288. The summed E-state index contributed by atoms with van der Waals surface area (Å²) in [6.07, 6.45) is 0. The molecule has 4 nitrogen and oxygen atoms in total.